The zero-order valence-corrected chi connectivity index (χ0v) is 9.62. The molecule has 0 aromatic heterocycles. The number of hydrogen-bond donors (Lipinski definition) is 2. The molecule has 2 saturated heterocycles. The van der Waals surface area contributed by atoms with E-state index in [1.54, 1.807) is 0 Å². The molecule has 0 aliphatic carbocycles. The second kappa shape index (κ2) is 3.74. The first-order valence-electron chi connectivity index (χ1n) is 5.24. The number of thioether (sulfide) groups is 1. The molecule has 4 heteroatoms. The van der Waals surface area contributed by atoms with Crippen LogP contribution >= 0.6 is 11.8 Å². The first-order valence-corrected chi connectivity index (χ1v) is 6.23. The van der Waals surface area contributed by atoms with Gasteiger partial charge in [-0.3, -0.25) is 4.79 Å². The maximum absolute atomic E-state index is 11.8. The summed E-state index contributed by atoms with van der Waals surface area (Å²) in [5.41, 5.74) is 0. The molecule has 2 N–H and O–H groups in total. The Labute approximate surface area is 89.4 Å². The lowest BCUT2D eigenvalue weighted by Crippen LogP contribution is -2.57. The Balaban J connectivity index is 1.82. The lowest BCUT2D eigenvalue weighted by Gasteiger charge is -2.44. The normalized spacial score (nSPS) is 35.0. The van der Waals surface area contributed by atoms with Crippen molar-refractivity contribution in [2.75, 3.05) is 18.8 Å². The van der Waals surface area contributed by atoms with Crippen LogP contribution in [-0.4, -0.2) is 35.5 Å². The van der Waals surface area contributed by atoms with Crippen molar-refractivity contribution in [1.82, 2.24) is 10.6 Å². The second-order valence-corrected chi connectivity index (χ2v) is 6.34. The zero-order valence-electron chi connectivity index (χ0n) is 8.80. The van der Waals surface area contributed by atoms with Crippen LogP contribution in [-0.2, 0) is 4.79 Å². The average molecular weight is 214 g/mol. The molecule has 0 aromatic carbocycles. The van der Waals surface area contributed by atoms with E-state index in [-0.39, 0.29) is 16.6 Å². The third kappa shape index (κ3) is 1.91. The smallest absolute Gasteiger partial charge is 0.224 e. The summed E-state index contributed by atoms with van der Waals surface area (Å²) in [4.78, 5) is 11.8. The predicted molar refractivity (Wildman–Crippen MR) is 59.4 cm³/mol. The Morgan fingerprint density at radius 3 is 2.79 bits per heavy atom. The number of nitrogens with one attached hydrogen (secondary N) is 2. The molecular formula is C10H18N2OS. The lowest BCUT2D eigenvalue weighted by molar-refractivity contribution is -0.125. The fraction of sp³-hybridized carbons (Fsp3) is 0.900. The van der Waals surface area contributed by atoms with Crippen LogP contribution in [0.2, 0.25) is 0 Å². The molecule has 0 radical (unpaired) electrons. The minimum absolute atomic E-state index is 0.205. The van der Waals surface area contributed by atoms with Crippen molar-refractivity contribution in [2.24, 2.45) is 5.92 Å². The van der Waals surface area contributed by atoms with Gasteiger partial charge < -0.3 is 10.6 Å². The second-order valence-electron chi connectivity index (χ2n) is 4.67. The SMILES string of the molecule is CC1(C)SCC1NC(=O)[C@H]1CCNC1. The van der Waals surface area contributed by atoms with E-state index in [1.165, 1.54) is 0 Å². The summed E-state index contributed by atoms with van der Waals surface area (Å²) in [5, 5.41) is 6.37. The van der Waals surface area contributed by atoms with Crippen LogP contribution in [0.1, 0.15) is 20.3 Å². The molecule has 0 saturated carbocycles. The fourth-order valence-corrected chi connectivity index (χ4v) is 3.03. The van der Waals surface area contributed by atoms with E-state index in [2.05, 4.69) is 24.5 Å². The Morgan fingerprint density at radius 1 is 1.57 bits per heavy atom. The van der Waals surface area contributed by atoms with E-state index in [1.807, 2.05) is 11.8 Å². The monoisotopic (exact) mass is 214 g/mol. The van der Waals surface area contributed by atoms with E-state index in [4.69, 9.17) is 0 Å². The van der Waals surface area contributed by atoms with Gasteiger partial charge in [0, 0.05) is 17.0 Å². The number of amides is 1. The molecule has 3 nitrogen and oxygen atoms in total. The molecule has 14 heavy (non-hydrogen) atoms. The number of hydrogen-bond acceptors (Lipinski definition) is 3. The standard InChI is InChI=1S/C10H18N2OS/c1-10(2)8(6-14-10)12-9(13)7-3-4-11-5-7/h7-8,11H,3-6H2,1-2H3,(H,12,13)/t7-,8?/m0/s1. The topological polar surface area (TPSA) is 41.1 Å². The molecule has 2 atom stereocenters. The van der Waals surface area contributed by atoms with E-state index in [0.29, 0.717) is 6.04 Å². The molecule has 1 amide bonds. The molecule has 0 spiro atoms. The van der Waals surface area contributed by atoms with Crippen LogP contribution < -0.4 is 10.6 Å². The molecule has 0 bridgehead atoms. The van der Waals surface area contributed by atoms with Crippen LogP contribution in [0.5, 0.6) is 0 Å². The Morgan fingerprint density at radius 2 is 2.36 bits per heavy atom. The molecule has 80 valence electrons. The molecule has 2 heterocycles. The Kier molecular flexibility index (Phi) is 2.75. The van der Waals surface area contributed by atoms with Gasteiger partial charge in [0.05, 0.1) is 12.0 Å². The summed E-state index contributed by atoms with van der Waals surface area (Å²) in [6, 6.07) is 0.376. The lowest BCUT2D eigenvalue weighted by atomic mass is 10.0. The van der Waals surface area contributed by atoms with Crippen molar-refractivity contribution in [1.29, 1.82) is 0 Å². The molecular weight excluding hydrogens is 196 g/mol. The summed E-state index contributed by atoms with van der Waals surface area (Å²) < 4.78 is 0.238. The van der Waals surface area contributed by atoms with Crippen molar-refractivity contribution in [2.45, 2.75) is 31.1 Å². The van der Waals surface area contributed by atoms with Gasteiger partial charge in [0.25, 0.3) is 0 Å². The van der Waals surface area contributed by atoms with Crippen LogP contribution in [0.4, 0.5) is 0 Å². The van der Waals surface area contributed by atoms with Gasteiger partial charge in [-0.05, 0) is 26.8 Å². The summed E-state index contributed by atoms with van der Waals surface area (Å²) in [6.07, 6.45) is 0.992. The van der Waals surface area contributed by atoms with Crippen LogP contribution in [0.15, 0.2) is 0 Å². The average Bonchev–Trinajstić information content (AvgIpc) is 2.65. The van der Waals surface area contributed by atoms with Crippen molar-refractivity contribution in [3.05, 3.63) is 0 Å². The van der Waals surface area contributed by atoms with Crippen molar-refractivity contribution in [3.8, 4) is 0 Å². The van der Waals surface area contributed by atoms with Crippen molar-refractivity contribution >= 4 is 17.7 Å². The molecule has 2 fully saturated rings. The summed E-state index contributed by atoms with van der Waals surface area (Å²) in [5.74, 6) is 1.52. The first-order chi connectivity index (χ1) is 6.59. The van der Waals surface area contributed by atoms with Crippen LogP contribution in [0.25, 0.3) is 0 Å². The molecule has 1 unspecified atom stereocenters. The predicted octanol–water partition coefficient (Wildman–Crippen LogP) is 0.606. The van der Waals surface area contributed by atoms with E-state index in [0.717, 1.165) is 25.3 Å². The Hall–Kier alpha value is -0.220. The molecule has 0 aromatic rings. The van der Waals surface area contributed by atoms with Crippen LogP contribution in [0, 0.1) is 5.92 Å². The number of carbonyl (C=O) groups is 1. The molecule has 2 rings (SSSR count). The zero-order chi connectivity index (χ0) is 10.2. The third-order valence-corrected chi connectivity index (χ3v) is 4.74. The van der Waals surface area contributed by atoms with Crippen molar-refractivity contribution in [3.63, 3.8) is 0 Å². The minimum Gasteiger partial charge on any atom is -0.351 e. The minimum atomic E-state index is 0.205. The van der Waals surface area contributed by atoms with Gasteiger partial charge in [0.1, 0.15) is 0 Å². The van der Waals surface area contributed by atoms with Gasteiger partial charge >= 0.3 is 0 Å². The van der Waals surface area contributed by atoms with Gasteiger partial charge in [0.15, 0.2) is 0 Å². The van der Waals surface area contributed by atoms with Gasteiger partial charge in [-0.2, -0.15) is 11.8 Å². The van der Waals surface area contributed by atoms with Crippen LogP contribution in [0.3, 0.4) is 0 Å². The Bertz CT molecular complexity index is 236. The largest absolute Gasteiger partial charge is 0.351 e. The highest BCUT2D eigenvalue weighted by atomic mass is 32.2. The maximum Gasteiger partial charge on any atom is 0.224 e. The highest BCUT2D eigenvalue weighted by Crippen LogP contribution is 2.39. The van der Waals surface area contributed by atoms with Gasteiger partial charge in [-0.15, -0.1) is 0 Å². The highest BCUT2D eigenvalue weighted by molar-refractivity contribution is 8.02. The molecule has 2 aliphatic heterocycles. The summed E-state index contributed by atoms with van der Waals surface area (Å²) >= 11 is 1.92. The number of rotatable bonds is 2. The number of carbonyl (C=O) groups excluding carboxylic acids is 1. The third-order valence-electron chi connectivity index (χ3n) is 3.21. The first kappa shape index (κ1) is 10.3. The summed E-state index contributed by atoms with van der Waals surface area (Å²) in [7, 11) is 0. The molecule has 2 aliphatic rings. The summed E-state index contributed by atoms with van der Waals surface area (Å²) in [6.45, 7) is 6.23. The highest BCUT2D eigenvalue weighted by Gasteiger charge is 2.41. The van der Waals surface area contributed by atoms with Crippen molar-refractivity contribution < 1.29 is 4.79 Å². The van der Waals surface area contributed by atoms with Gasteiger partial charge in [0.2, 0.25) is 5.91 Å². The van der Waals surface area contributed by atoms with E-state index in [9.17, 15) is 4.79 Å². The van der Waals surface area contributed by atoms with E-state index >= 15 is 0 Å². The maximum atomic E-state index is 11.8. The van der Waals surface area contributed by atoms with E-state index < -0.39 is 0 Å². The van der Waals surface area contributed by atoms with Gasteiger partial charge in [-0.1, -0.05) is 0 Å². The fourth-order valence-electron chi connectivity index (χ4n) is 1.88. The van der Waals surface area contributed by atoms with Gasteiger partial charge in [-0.25, -0.2) is 0 Å². The quantitative estimate of drug-likeness (QED) is 0.707.